The summed E-state index contributed by atoms with van der Waals surface area (Å²) < 4.78 is 0. The third-order valence-electron chi connectivity index (χ3n) is 5.77. The summed E-state index contributed by atoms with van der Waals surface area (Å²) in [4.78, 5) is 4.58. The first-order valence-corrected chi connectivity index (χ1v) is 10.1. The molecule has 2 nitrogen and oxygen atoms in total. The van der Waals surface area contributed by atoms with E-state index in [0.717, 1.165) is 33.5 Å². The number of phenolic OH excluding ortho intramolecular Hbond substituents is 1. The highest BCUT2D eigenvalue weighted by Crippen LogP contribution is 2.44. The van der Waals surface area contributed by atoms with Crippen LogP contribution in [0.1, 0.15) is 34.7 Å². The van der Waals surface area contributed by atoms with E-state index >= 15 is 0 Å². The quantitative estimate of drug-likeness (QED) is 0.294. The molecule has 0 bridgehead atoms. The molecular formula is C28H25NO. The van der Waals surface area contributed by atoms with E-state index in [-0.39, 0.29) is 5.75 Å². The average molecular weight is 392 g/mol. The highest BCUT2D eigenvalue weighted by Gasteiger charge is 2.34. The number of hydrogen-bond acceptors (Lipinski definition) is 2. The molecule has 4 aromatic carbocycles. The normalized spacial score (nSPS) is 11.7. The molecule has 0 fully saturated rings. The Balaban J connectivity index is 1.90. The Morgan fingerprint density at radius 2 is 1.20 bits per heavy atom. The van der Waals surface area contributed by atoms with Crippen molar-refractivity contribution in [1.29, 1.82) is 0 Å². The van der Waals surface area contributed by atoms with E-state index in [1.165, 1.54) is 0 Å². The Kier molecular flexibility index (Phi) is 5.49. The lowest BCUT2D eigenvalue weighted by atomic mass is 9.70. The zero-order valence-corrected chi connectivity index (χ0v) is 17.3. The number of aryl methyl sites for hydroxylation is 1. The molecule has 0 aliphatic rings. The fourth-order valence-electron chi connectivity index (χ4n) is 3.95. The van der Waals surface area contributed by atoms with E-state index in [4.69, 9.17) is 0 Å². The Morgan fingerprint density at radius 1 is 0.700 bits per heavy atom. The van der Waals surface area contributed by atoms with Crippen molar-refractivity contribution in [3.05, 3.63) is 131 Å². The van der Waals surface area contributed by atoms with E-state index in [1.54, 1.807) is 6.21 Å². The van der Waals surface area contributed by atoms with Crippen LogP contribution >= 0.6 is 0 Å². The van der Waals surface area contributed by atoms with Crippen LogP contribution in [0.2, 0.25) is 0 Å². The second-order valence-corrected chi connectivity index (χ2v) is 7.64. The molecule has 0 unspecified atom stereocenters. The number of benzene rings is 4. The van der Waals surface area contributed by atoms with Crippen molar-refractivity contribution in [3.63, 3.8) is 0 Å². The number of rotatable bonds is 5. The number of aliphatic imine (C=N–C) groups is 1. The standard InChI is InChI=1S/C28H25NO/c1-21-18-19-26(27(30)25(21)20-29-24-16-10-5-11-17-24)28(2,22-12-6-3-7-13-22)23-14-8-4-9-15-23/h3-20,30H,1-2H3. The van der Waals surface area contributed by atoms with Crippen molar-refractivity contribution in [2.45, 2.75) is 19.3 Å². The maximum Gasteiger partial charge on any atom is 0.129 e. The van der Waals surface area contributed by atoms with E-state index in [9.17, 15) is 5.11 Å². The number of nitrogens with zero attached hydrogens (tertiary/aromatic N) is 1. The van der Waals surface area contributed by atoms with Crippen LogP contribution in [-0.2, 0) is 5.41 Å². The Hall–Kier alpha value is -3.65. The van der Waals surface area contributed by atoms with Crippen LogP contribution in [0.5, 0.6) is 5.75 Å². The molecule has 0 saturated heterocycles. The topological polar surface area (TPSA) is 32.6 Å². The first-order chi connectivity index (χ1) is 14.6. The van der Waals surface area contributed by atoms with Crippen LogP contribution in [0.3, 0.4) is 0 Å². The highest BCUT2D eigenvalue weighted by atomic mass is 16.3. The van der Waals surface area contributed by atoms with E-state index in [0.29, 0.717) is 0 Å². The summed E-state index contributed by atoms with van der Waals surface area (Å²) >= 11 is 0. The second-order valence-electron chi connectivity index (χ2n) is 7.64. The fourth-order valence-corrected chi connectivity index (χ4v) is 3.95. The first kappa shape index (κ1) is 19.7. The smallest absolute Gasteiger partial charge is 0.129 e. The van der Waals surface area contributed by atoms with Gasteiger partial charge in [0.1, 0.15) is 5.75 Å². The molecule has 0 aliphatic carbocycles. The van der Waals surface area contributed by atoms with Gasteiger partial charge in [-0.25, -0.2) is 0 Å². The minimum atomic E-state index is -0.504. The van der Waals surface area contributed by atoms with Gasteiger partial charge in [-0.05, 0) is 42.7 Å². The minimum Gasteiger partial charge on any atom is -0.507 e. The molecule has 0 aromatic heterocycles. The van der Waals surface area contributed by atoms with Crippen molar-refractivity contribution in [1.82, 2.24) is 0 Å². The average Bonchev–Trinajstić information content (AvgIpc) is 2.80. The zero-order chi connectivity index (χ0) is 21.0. The summed E-state index contributed by atoms with van der Waals surface area (Å²) in [7, 11) is 0. The molecule has 0 radical (unpaired) electrons. The molecule has 0 saturated carbocycles. The molecule has 2 heteroatoms. The Bertz CT molecular complexity index is 1110. The number of hydrogen-bond donors (Lipinski definition) is 1. The highest BCUT2D eigenvalue weighted by molar-refractivity contribution is 5.88. The number of aromatic hydroxyl groups is 1. The second kappa shape index (κ2) is 8.38. The lowest BCUT2D eigenvalue weighted by molar-refractivity contribution is 0.456. The largest absolute Gasteiger partial charge is 0.507 e. The van der Waals surface area contributed by atoms with Crippen LogP contribution in [0.4, 0.5) is 5.69 Å². The van der Waals surface area contributed by atoms with Gasteiger partial charge in [-0.2, -0.15) is 0 Å². The fraction of sp³-hybridized carbons (Fsp3) is 0.107. The molecule has 148 valence electrons. The predicted octanol–water partition coefficient (Wildman–Crippen LogP) is 6.81. The van der Waals surface area contributed by atoms with Crippen LogP contribution < -0.4 is 0 Å². The Labute approximate surface area is 178 Å². The van der Waals surface area contributed by atoms with Gasteiger partial charge in [0.2, 0.25) is 0 Å². The van der Waals surface area contributed by atoms with Crippen LogP contribution in [0.25, 0.3) is 0 Å². The van der Waals surface area contributed by atoms with Gasteiger partial charge in [0.15, 0.2) is 0 Å². The number of para-hydroxylation sites is 1. The molecule has 4 rings (SSSR count). The van der Waals surface area contributed by atoms with Crippen molar-refractivity contribution in [2.24, 2.45) is 4.99 Å². The minimum absolute atomic E-state index is 0.268. The third-order valence-corrected chi connectivity index (χ3v) is 5.77. The van der Waals surface area contributed by atoms with E-state index in [2.05, 4.69) is 42.2 Å². The van der Waals surface area contributed by atoms with Crippen molar-refractivity contribution >= 4 is 11.9 Å². The van der Waals surface area contributed by atoms with Gasteiger partial charge >= 0.3 is 0 Å². The lowest BCUT2D eigenvalue weighted by Gasteiger charge is -2.33. The zero-order valence-electron chi connectivity index (χ0n) is 17.3. The first-order valence-electron chi connectivity index (χ1n) is 10.1. The summed E-state index contributed by atoms with van der Waals surface area (Å²) in [5.74, 6) is 0.268. The molecule has 0 spiro atoms. The third kappa shape index (κ3) is 3.65. The van der Waals surface area contributed by atoms with Gasteiger partial charge in [-0.15, -0.1) is 0 Å². The van der Waals surface area contributed by atoms with Gasteiger partial charge < -0.3 is 5.11 Å². The maximum absolute atomic E-state index is 11.4. The van der Waals surface area contributed by atoms with Gasteiger partial charge in [0.05, 0.1) is 5.69 Å². The summed E-state index contributed by atoms with van der Waals surface area (Å²) in [6, 6.07) is 34.5. The van der Waals surface area contributed by atoms with Gasteiger partial charge in [0, 0.05) is 22.8 Å². The predicted molar refractivity (Wildman–Crippen MR) is 125 cm³/mol. The maximum atomic E-state index is 11.4. The molecular weight excluding hydrogens is 366 g/mol. The van der Waals surface area contributed by atoms with E-state index in [1.807, 2.05) is 79.7 Å². The van der Waals surface area contributed by atoms with Gasteiger partial charge in [-0.1, -0.05) is 91.0 Å². The van der Waals surface area contributed by atoms with Crippen molar-refractivity contribution in [3.8, 4) is 5.75 Å². The molecule has 4 aromatic rings. The van der Waals surface area contributed by atoms with Crippen LogP contribution in [-0.4, -0.2) is 11.3 Å². The number of phenols is 1. The monoisotopic (exact) mass is 391 g/mol. The van der Waals surface area contributed by atoms with Gasteiger partial charge in [-0.3, -0.25) is 4.99 Å². The van der Waals surface area contributed by atoms with Crippen LogP contribution in [0, 0.1) is 6.92 Å². The molecule has 1 N–H and O–H groups in total. The molecule has 0 aliphatic heterocycles. The lowest BCUT2D eigenvalue weighted by Crippen LogP contribution is -2.25. The summed E-state index contributed by atoms with van der Waals surface area (Å²) in [6.07, 6.45) is 1.76. The Morgan fingerprint density at radius 3 is 1.73 bits per heavy atom. The van der Waals surface area contributed by atoms with Crippen LogP contribution in [0.15, 0.2) is 108 Å². The molecule has 0 amide bonds. The van der Waals surface area contributed by atoms with Gasteiger partial charge in [0.25, 0.3) is 0 Å². The summed E-state index contributed by atoms with van der Waals surface area (Å²) in [6.45, 7) is 4.17. The summed E-state index contributed by atoms with van der Waals surface area (Å²) in [5, 5.41) is 11.4. The molecule has 0 heterocycles. The summed E-state index contributed by atoms with van der Waals surface area (Å²) in [5.41, 5.74) is 5.20. The molecule has 0 atom stereocenters. The van der Waals surface area contributed by atoms with E-state index < -0.39 is 5.41 Å². The SMILES string of the molecule is Cc1ccc(C(C)(c2ccccc2)c2ccccc2)c(O)c1C=Nc1ccccc1. The van der Waals surface area contributed by atoms with Crippen molar-refractivity contribution < 1.29 is 5.11 Å². The van der Waals surface area contributed by atoms with Crippen molar-refractivity contribution in [2.75, 3.05) is 0 Å². The molecule has 30 heavy (non-hydrogen) atoms.